The molecule has 0 atom stereocenters. The SMILES string of the molecule is ClCCOc1ccc(-c2cn3cccnc3n2)cc1. The zero-order chi connectivity index (χ0) is 13.1. The Morgan fingerprint density at radius 3 is 2.79 bits per heavy atom. The molecule has 0 amide bonds. The summed E-state index contributed by atoms with van der Waals surface area (Å²) in [4.78, 5) is 8.66. The van der Waals surface area contributed by atoms with E-state index in [1.54, 1.807) is 6.20 Å². The van der Waals surface area contributed by atoms with Gasteiger partial charge in [0.05, 0.1) is 11.6 Å². The van der Waals surface area contributed by atoms with Crippen molar-refractivity contribution >= 4 is 17.4 Å². The van der Waals surface area contributed by atoms with Crippen LogP contribution in [0.25, 0.3) is 17.0 Å². The van der Waals surface area contributed by atoms with Gasteiger partial charge >= 0.3 is 0 Å². The quantitative estimate of drug-likeness (QED) is 0.686. The van der Waals surface area contributed by atoms with E-state index in [2.05, 4.69) is 9.97 Å². The summed E-state index contributed by atoms with van der Waals surface area (Å²) in [5, 5.41) is 0. The Balaban J connectivity index is 1.88. The first-order chi connectivity index (χ1) is 9.36. The third-order valence-electron chi connectivity index (χ3n) is 2.73. The maximum Gasteiger partial charge on any atom is 0.234 e. The van der Waals surface area contributed by atoms with E-state index < -0.39 is 0 Å². The van der Waals surface area contributed by atoms with Gasteiger partial charge in [-0.2, -0.15) is 0 Å². The molecule has 4 nitrogen and oxygen atoms in total. The number of alkyl halides is 1. The van der Waals surface area contributed by atoms with Gasteiger partial charge in [-0.3, -0.25) is 4.40 Å². The summed E-state index contributed by atoms with van der Waals surface area (Å²) in [6.07, 6.45) is 5.61. The fourth-order valence-electron chi connectivity index (χ4n) is 1.85. The topological polar surface area (TPSA) is 39.4 Å². The minimum Gasteiger partial charge on any atom is -0.492 e. The lowest BCUT2D eigenvalue weighted by atomic mass is 10.2. The molecule has 0 N–H and O–H groups in total. The molecule has 96 valence electrons. The predicted octanol–water partition coefficient (Wildman–Crippen LogP) is 3.01. The van der Waals surface area contributed by atoms with E-state index in [1.165, 1.54) is 0 Å². The normalized spacial score (nSPS) is 10.8. The van der Waals surface area contributed by atoms with Crippen LogP contribution in [-0.4, -0.2) is 26.9 Å². The zero-order valence-electron chi connectivity index (χ0n) is 10.2. The van der Waals surface area contributed by atoms with Crippen LogP contribution in [-0.2, 0) is 0 Å². The molecule has 0 saturated carbocycles. The van der Waals surface area contributed by atoms with E-state index in [0.717, 1.165) is 17.0 Å². The van der Waals surface area contributed by atoms with Crippen LogP contribution < -0.4 is 4.74 Å². The van der Waals surface area contributed by atoms with Gasteiger partial charge in [-0.15, -0.1) is 11.6 Å². The largest absolute Gasteiger partial charge is 0.492 e. The van der Waals surface area contributed by atoms with Gasteiger partial charge in [0.15, 0.2) is 0 Å². The lowest BCUT2D eigenvalue weighted by Crippen LogP contribution is -1.97. The first-order valence-electron chi connectivity index (χ1n) is 5.96. The minimum atomic E-state index is 0.486. The molecule has 0 saturated heterocycles. The van der Waals surface area contributed by atoms with Gasteiger partial charge in [0.25, 0.3) is 0 Å². The number of hydrogen-bond acceptors (Lipinski definition) is 3. The summed E-state index contributed by atoms with van der Waals surface area (Å²) in [5.74, 6) is 1.99. The predicted molar refractivity (Wildman–Crippen MR) is 74.6 cm³/mol. The average Bonchev–Trinajstić information content (AvgIpc) is 2.89. The number of aromatic nitrogens is 3. The molecule has 0 aliphatic rings. The Morgan fingerprint density at radius 1 is 1.21 bits per heavy atom. The third-order valence-corrected chi connectivity index (χ3v) is 2.89. The van der Waals surface area contributed by atoms with Crippen molar-refractivity contribution in [3.63, 3.8) is 0 Å². The summed E-state index contributed by atoms with van der Waals surface area (Å²) in [6, 6.07) is 9.66. The summed E-state index contributed by atoms with van der Waals surface area (Å²) < 4.78 is 7.33. The molecule has 0 unspecified atom stereocenters. The summed E-state index contributed by atoms with van der Waals surface area (Å²) in [6.45, 7) is 0.513. The molecular weight excluding hydrogens is 262 g/mol. The first-order valence-corrected chi connectivity index (χ1v) is 6.49. The molecule has 1 aromatic carbocycles. The number of benzene rings is 1. The Kier molecular flexibility index (Phi) is 3.33. The van der Waals surface area contributed by atoms with Crippen LogP contribution in [0, 0.1) is 0 Å². The van der Waals surface area contributed by atoms with Gasteiger partial charge in [0, 0.05) is 24.2 Å². The molecule has 3 aromatic rings. The Labute approximate surface area is 115 Å². The molecule has 0 spiro atoms. The number of ether oxygens (including phenoxy) is 1. The van der Waals surface area contributed by atoms with Gasteiger partial charge in [0.2, 0.25) is 5.78 Å². The zero-order valence-corrected chi connectivity index (χ0v) is 10.9. The van der Waals surface area contributed by atoms with E-state index in [9.17, 15) is 0 Å². The lowest BCUT2D eigenvalue weighted by molar-refractivity contribution is 0.343. The van der Waals surface area contributed by atoms with Gasteiger partial charge in [-0.25, -0.2) is 9.97 Å². The molecule has 2 heterocycles. The van der Waals surface area contributed by atoms with Crippen molar-refractivity contribution in [2.45, 2.75) is 0 Å². The average molecular weight is 274 g/mol. The third kappa shape index (κ3) is 2.53. The number of rotatable bonds is 4. The van der Waals surface area contributed by atoms with Crippen LogP contribution in [0.4, 0.5) is 0 Å². The lowest BCUT2D eigenvalue weighted by Gasteiger charge is -2.03. The van der Waals surface area contributed by atoms with Crippen LogP contribution in [0.3, 0.4) is 0 Å². The number of halogens is 1. The van der Waals surface area contributed by atoms with Crippen LogP contribution in [0.2, 0.25) is 0 Å². The second-order valence-corrected chi connectivity index (χ2v) is 4.39. The van der Waals surface area contributed by atoms with Crippen molar-refractivity contribution in [3.8, 4) is 17.0 Å². The van der Waals surface area contributed by atoms with Crippen LogP contribution in [0.1, 0.15) is 0 Å². The smallest absolute Gasteiger partial charge is 0.234 e. The second kappa shape index (κ2) is 5.28. The molecule has 5 heteroatoms. The fraction of sp³-hybridized carbons (Fsp3) is 0.143. The van der Waals surface area contributed by atoms with Gasteiger partial charge in [-0.05, 0) is 30.3 Å². The highest BCUT2D eigenvalue weighted by atomic mass is 35.5. The molecule has 0 aliphatic carbocycles. The van der Waals surface area contributed by atoms with E-state index >= 15 is 0 Å². The van der Waals surface area contributed by atoms with Gasteiger partial charge in [-0.1, -0.05) is 0 Å². The second-order valence-electron chi connectivity index (χ2n) is 4.01. The maximum atomic E-state index is 5.58. The monoisotopic (exact) mass is 273 g/mol. The van der Waals surface area contributed by atoms with Crippen molar-refractivity contribution in [1.82, 2.24) is 14.4 Å². The first kappa shape index (κ1) is 12.0. The van der Waals surface area contributed by atoms with Gasteiger partial charge < -0.3 is 4.74 Å². The minimum absolute atomic E-state index is 0.486. The molecule has 0 fully saturated rings. The van der Waals surface area contributed by atoms with Crippen LogP contribution >= 0.6 is 11.6 Å². The Morgan fingerprint density at radius 2 is 2.05 bits per heavy atom. The summed E-state index contributed by atoms with van der Waals surface area (Å²) in [5.41, 5.74) is 1.92. The number of hydrogen-bond donors (Lipinski definition) is 0. The fourth-order valence-corrected chi connectivity index (χ4v) is 1.92. The highest BCUT2D eigenvalue weighted by Gasteiger charge is 2.04. The molecule has 2 aromatic heterocycles. The molecule has 0 radical (unpaired) electrons. The molecule has 3 rings (SSSR count). The maximum absolute atomic E-state index is 5.58. The van der Waals surface area contributed by atoms with E-state index in [1.807, 2.05) is 47.1 Å². The summed E-state index contributed by atoms with van der Waals surface area (Å²) >= 11 is 5.58. The van der Waals surface area contributed by atoms with Crippen molar-refractivity contribution < 1.29 is 4.74 Å². The molecule has 0 aliphatic heterocycles. The highest BCUT2D eigenvalue weighted by molar-refractivity contribution is 6.18. The van der Waals surface area contributed by atoms with Crippen molar-refractivity contribution in [3.05, 3.63) is 48.9 Å². The molecular formula is C14H12ClN3O. The molecule has 19 heavy (non-hydrogen) atoms. The standard InChI is InChI=1S/C14H12ClN3O/c15-6-9-19-12-4-2-11(3-5-12)13-10-18-8-1-7-16-14(18)17-13/h1-5,7-8,10H,6,9H2. The van der Waals surface area contributed by atoms with Gasteiger partial charge in [0.1, 0.15) is 12.4 Å². The number of imidazole rings is 1. The van der Waals surface area contributed by atoms with E-state index in [4.69, 9.17) is 16.3 Å². The number of fused-ring (bicyclic) bond motifs is 1. The summed E-state index contributed by atoms with van der Waals surface area (Å²) in [7, 11) is 0. The molecule has 0 bridgehead atoms. The van der Waals surface area contributed by atoms with Crippen molar-refractivity contribution in [2.24, 2.45) is 0 Å². The Hall–Kier alpha value is -2.07. The highest BCUT2D eigenvalue weighted by Crippen LogP contribution is 2.21. The van der Waals surface area contributed by atoms with E-state index in [-0.39, 0.29) is 0 Å². The van der Waals surface area contributed by atoms with Crippen LogP contribution in [0.5, 0.6) is 5.75 Å². The number of nitrogens with zero attached hydrogens (tertiary/aromatic N) is 3. The van der Waals surface area contributed by atoms with E-state index in [0.29, 0.717) is 18.3 Å². The van der Waals surface area contributed by atoms with Crippen molar-refractivity contribution in [2.75, 3.05) is 12.5 Å². The Bertz CT molecular complexity index is 645. The van der Waals surface area contributed by atoms with Crippen LogP contribution in [0.15, 0.2) is 48.9 Å². The van der Waals surface area contributed by atoms with Crippen molar-refractivity contribution in [1.29, 1.82) is 0 Å².